The third-order valence-electron chi connectivity index (χ3n) is 4.83. The topological polar surface area (TPSA) is 53.0 Å². The number of hydrogen-bond acceptors (Lipinski definition) is 5. The van der Waals surface area contributed by atoms with Gasteiger partial charge in [0.05, 0.1) is 23.8 Å². The molecule has 0 aromatic carbocycles. The van der Waals surface area contributed by atoms with E-state index in [1.807, 2.05) is 6.92 Å². The van der Waals surface area contributed by atoms with Crippen molar-refractivity contribution < 1.29 is 14.6 Å². The Bertz CT molecular complexity index is 560. The van der Waals surface area contributed by atoms with Crippen molar-refractivity contribution in [2.75, 3.05) is 38.6 Å². The van der Waals surface area contributed by atoms with E-state index in [1.165, 1.54) is 0 Å². The van der Waals surface area contributed by atoms with Crippen LogP contribution >= 0.6 is 11.8 Å². The zero-order chi connectivity index (χ0) is 19.3. The molecule has 1 atom stereocenters. The van der Waals surface area contributed by atoms with E-state index < -0.39 is 5.97 Å². The molecule has 0 saturated carbocycles. The summed E-state index contributed by atoms with van der Waals surface area (Å²) in [5.74, 6) is 0.0429. The van der Waals surface area contributed by atoms with Gasteiger partial charge in [-0.2, -0.15) is 0 Å². The van der Waals surface area contributed by atoms with Gasteiger partial charge in [-0.1, -0.05) is 27.7 Å². The molecule has 0 aromatic rings. The van der Waals surface area contributed by atoms with E-state index >= 15 is 0 Å². The molecular formula is C20H34N2O3S. The SMILES string of the molecule is CCSC1=C(C(=O)O)C(C)=CC(N2CCOCC2)N1CCCC(C)(C)C. The smallest absolute Gasteiger partial charge is 0.338 e. The third-order valence-corrected chi connectivity index (χ3v) is 5.83. The summed E-state index contributed by atoms with van der Waals surface area (Å²) < 4.78 is 5.52. The monoisotopic (exact) mass is 382 g/mol. The number of carboxylic acid groups (broad SMARTS) is 1. The zero-order valence-corrected chi connectivity index (χ0v) is 17.7. The van der Waals surface area contributed by atoms with Crippen LogP contribution in [0.4, 0.5) is 0 Å². The van der Waals surface area contributed by atoms with Crippen LogP contribution in [0.1, 0.15) is 47.5 Å². The first-order valence-electron chi connectivity index (χ1n) is 9.62. The minimum atomic E-state index is -0.823. The summed E-state index contributed by atoms with van der Waals surface area (Å²) in [6.45, 7) is 14.9. The second-order valence-corrected chi connectivity index (χ2v) is 9.44. The fourth-order valence-corrected chi connectivity index (χ4v) is 4.57. The molecule has 0 radical (unpaired) electrons. The third kappa shape index (κ3) is 5.51. The van der Waals surface area contributed by atoms with Crippen LogP contribution in [0.3, 0.4) is 0 Å². The number of morpholine rings is 1. The van der Waals surface area contributed by atoms with E-state index in [4.69, 9.17) is 4.74 Å². The first-order valence-corrected chi connectivity index (χ1v) is 10.6. The summed E-state index contributed by atoms with van der Waals surface area (Å²) >= 11 is 1.65. The number of rotatable bonds is 7. The van der Waals surface area contributed by atoms with Crippen LogP contribution in [-0.4, -0.2) is 65.6 Å². The molecule has 5 nitrogen and oxygen atoms in total. The summed E-state index contributed by atoms with van der Waals surface area (Å²) in [4.78, 5) is 16.7. The molecule has 1 fully saturated rings. The summed E-state index contributed by atoms with van der Waals surface area (Å²) in [5, 5.41) is 10.7. The van der Waals surface area contributed by atoms with Crippen LogP contribution in [-0.2, 0) is 9.53 Å². The maximum absolute atomic E-state index is 11.9. The van der Waals surface area contributed by atoms with Crippen molar-refractivity contribution >= 4 is 17.7 Å². The Morgan fingerprint density at radius 2 is 2.00 bits per heavy atom. The molecule has 0 aliphatic carbocycles. The van der Waals surface area contributed by atoms with Crippen LogP contribution in [0.2, 0.25) is 0 Å². The van der Waals surface area contributed by atoms with Gasteiger partial charge < -0.3 is 14.7 Å². The lowest BCUT2D eigenvalue weighted by atomic mass is 9.90. The van der Waals surface area contributed by atoms with Gasteiger partial charge in [0.1, 0.15) is 6.17 Å². The van der Waals surface area contributed by atoms with Gasteiger partial charge in [0.15, 0.2) is 0 Å². The molecule has 1 unspecified atom stereocenters. The number of carbonyl (C=O) groups is 1. The molecule has 2 aliphatic rings. The Kier molecular flexibility index (Phi) is 7.62. The first-order chi connectivity index (χ1) is 12.2. The van der Waals surface area contributed by atoms with Crippen LogP contribution in [0, 0.1) is 5.41 Å². The lowest BCUT2D eigenvalue weighted by Crippen LogP contribution is -2.52. The van der Waals surface area contributed by atoms with Gasteiger partial charge in [0.2, 0.25) is 0 Å². The zero-order valence-electron chi connectivity index (χ0n) is 16.9. The maximum Gasteiger partial charge on any atom is 0.338 e. The highest BCUT2D eigenvalue weighted by Gasteiger charge is 2.34. The second-order valence-electron chi connectivity index (χ2n) is 8.19. The highest BCUT2D eigenvalue weighted by Crippen LogP contribution is 2.36. The van der Waals surface area contributed by atoms with Gasteiger partial charge in [0, 0.05) is 19.6 Å². The largest absolute Gasteiger partial charge is 0.478 e. The van der Waals surface area contributed by atoms with E-state index in [9.17, 15) is 9.90 Å². The van der Waals surface area contributed by atoms with E-state index in [1.54, 1.807) is 11.8 Å². The Labute approximate surface area is 162 Å². The van der Waals surface area contributed by atoms with Crippen LogP contribution in [0.25, 0.3) is 0 Å². The normalized spacial score (nSPS) is 22.6. The second kappa shape index (κ2) is 9.29. The first kappa shape index (κ1) is 21.3. The molecule has 0 bridgehead atoms. The van der Waals surface area contributed by atoms with Crippen LogP contribution in [0.5, 0.6) is 0 Å². The standard InChI is InChI=1S/C20H34N2O3S/c1-6-26-18-17(19(23)24)15(2)14-16(21-10-12-25-13-11-21)22(18)9-7-8-20(3,4)5/h14,16H,6-13H2,1-5H3,(H,23,24). The number of thioether (sulfide) groups is 1. The molecular weight excluding hydrogens is 348 g/mol. The van der Waals surface area contributed by atoms with Gasteiger partial charge in [-0.25, -0.2) is 4.79 Å². The Morgan fingerprint density at radius 3 is 2.54 bits per heavy atom. The van der Waals surface area contributed by atoms with E-state index in [-0.39, 0.29) is 11.6 Å². The van der Waals surface area contributed by atoms with Gasteiger partial charge in [-0.05, 0) is 42.6 Å². The summed E-state index contributed by atoms with van der Waals surface area (Å²) in [5.41, 5.74) is 1.63. The van der Waals surface area contributed by atoms with Crippen molar-refractivity contribution in [2.45, 2.75) is 53.6 Å². The van der Waals surface area contributed by atoms with Crippen molar-refractivity contribution in [1.29, 1.82) is 0 Å². The molecule has 2 aliphatic heterocycles. The average molecular weight is 383 g/mol. The fraction of sp³-hybridized carbons (Fsp3) is 0.750. The number of ether oxygens (including phenoxy) is 1. The average Bonchev–Trinajstić information content (AvgIpc) is 2.56. The molecule has 6 heteroatoms. The van der Waals surface area contributed by atoms with Crippen molar-refractivity contribution in [3.63, 3.8) is 0 Å². The lowest BCUT2D eigenvalue weighted by Gasteiger charge is -2.45. The van der Waals surface area contributed by atoms with Crippen LogP contribution in [0.15, 0.2) is 22.3 Å². The molecule has 2 heterocycles. The minimum Gasteiger partial charge on any atom is -0.478 e. The lowest BCUT2D eigenvalue weighted by molar-refractivity contribution is -0.132. The molecule has 1 N–H and O–H groups in total. The fourth-order valence-electron chi connectivity index (χ4n) is 3.54. The Hall–Kier alpha value is -0.980. The van der Waals surface area contributed by atoms with Gasteiger partial charge in [-0.15, -0.1) is 11.8 Å². The van der Waals surface area contributed by atoms with Gasteiger partial charge in [0.25, 0.3) is 0 Å². The molecule has 2 rings (SSSR count). The van der Waals surface area contributed by atoms with Crippen molar-refractivity contribution in [3.8, 4) is 0 Å². The predicted octanol–water partition coefficient (Wildman–Crippen LogP) is 3.78. The Morgan fingerprint density at radius 1 is 1.35 bits per heavy atom. The number of nitrogens with zero attached hydrogens (tertiary/aromatic N) is 2. The molecule has 0 aromatic heterocycles. The Balaban J connectivity index is 2.31. The van der Waals surface area contributed by atoms with Gasteiger partial charge >= 0.3 is 5.97 Å². The number of carboxylic acids is 1. The summed E-state index contributed by atoms with van der Waals surface area (Å²) in [7, 11) is 0. The number of hydrogen-bond donors (Lipinski definition) is 1. The highest BCUT2D eigenvalue weighted by atomic mass is 32.2. The van der Waals surface area contributed by atoms with Crippen molar-refractivity contribution in [3.05, 3.63) is 22.3 Å². The van der Waals surface area contributed by atoms with Gasteiger partial charge in [-0.3, -0.25) is 4.90 Å². The predicted molar refractivity (Wildman–Crippen MR) is 108 cm³/mol. The van der Waals surface area contributed by atoms with E-state index in [0.717, 1.165) is 62.0 Å². The van der Waals surface area contributed by atoms with Crippen molar-refractivity contribution in [1.82, 2.24) is 9.80 Å². The number of aliphatic carboxylic acids is 1. The van der Waals surface area contributed by atoms with E-state index in [2.05, 4.69) is 43.6 Å². The van der Waals surface area contributed by atoms with Crippen molar-refractivity contribution in [2.24, 2.45) is 5.41 Å². The maximum atomic E-state index is 11.9. The molecule has 148 valence electrons. The molecule has 26 heavy (non-hydrogen) atoms. The molecule has 0 amide bonds. The highest BCUT2D eigenvalue weighted by molar-refractivity contribution is 8.03. The summed E-state index contributed by atoms with van der Waals surface area (Å²) in [6.07, 6.45) is 4.42. The van der Waals surface area contributed by atoms with Crippen LogP contribution < -0.4 is 0 Å². The summed E-state index contributed by atoms with van der Waals surface area (Å²) in [6, 6.07) is 0. The quantitative estimate of drug-likeness (QED) is 0.723. The van der Waals surface area contributed by atoms with E-state index in [0.29, 0.717) is 5.57 Å². The minimum absolute atomic E-state index is 0.121. The molecule has 1 saturated heterocycles. The molecule has 0 spiro atoms.